The number of carbonyl (C=O) groups excluding carboxylic acids is 1. The Balaban J connectivity index is 1.38. The normalized spacial score (nSPS) is 17.9. The molecule has 33 heavy (non-hydrogen) atoms. The molecule has 2 aromatic rings. The Kier molecular flexibility index (Phi) is 6.12. The Hall–Kier alpha value is -2.84. The van der Waals surface area contributed by atoms with Gasteiger partial charge in [0.2, 0.25) is 5.91 Å². The van der Waals surface area contributed by atoms with Crippen LogP contribution in [0.25, 0.3) is 0 Å². The Morgan fingerprint density at radius 3 is 2.79 bits per heavy atom. The lowest BCUT2D eigenvalue weighted by atomic mass is 9.99. The molecule has 174 valence electrons. The third-order valence-electron chi connectivity index (χ3n) is 6.60. The summed E-state index contributed by atoms with van der Waals surface area (Å²) in [4.78, 5) is 27.7. The summed E-state index contributed by atoms with van der Waals surface area (Å²) in [5, 5.41) is 0.780. The maximum Gasteiger partial charge on any atom is 0.318 e. The largest absolute Gasteiger partial charge is 0.493 e. The van der Waals surface area contributed by atoms with Gasteiger partial charge in [0.25, 0.3) is 0 Å². The van der Waals surface area contributed by atoms with E-state index in [4.69, 9.17) is 26.1 Å². The van der Waals surface area contributed by atoms with Gasteiger partial charge >= 0.3 is 6.01 Å². The molecule has 5 rings (SSSR count). The molecular weight excluding hydrogens is 442 g/mol. The summed E-state index contributed by atoms with van der Waals surface area (Å²) >= 11 is 6.63. The summed E-state index contributed by atoms with van der Waals surface area (Å²) in [6, 6.07) is 4.28. The van der Waals surface area contributed by atoms with Gasteiger partial charge in [0.05, 0.1) is 19.4 Å². The van der Waals surface area contributed by atoms with Crippen molar-refractivity contribution in [3.05, 3.63) is 52.2 Å². The van der Waals surface area contributed by atoms with Crippen molar-refractivity contribution in [2.45, 2.75) is 32.5 Å². The van der Waals surface area contributed by atoms with E-state index in [1.165, 1.54) is 11.6 Å². The number of methoxy groups -OCH3 is 1. The zero-order valence-corrected chi connectivity index (χ0v) is 19.6. The summed E-state index contributed by atoms with van der Waals surface area (Å²) in [5.41, 5.74) is 4.46. The van der Waals surface area contributed by atoms with Crippen molar-refractivity contribution in [2.75, 3.05) is 44.8 Å². The number of amides is 1. The summed E-state index contributed by atoms with van der Waals surface area (Å²) in [7, 11) is 1.59. The molecular formula is C24H28ClN5O3. The first-order chi connectivity index (χ1) is 16.1. The second-order valence-electron chi connectivity index (χ2n) is 8.58. The SMILES string of the molecule is C=CC(=O)N1CCN(c2nc(OC)nc3c2CN(Cc2c(Cl)ccc4c2CCCO4)C3)CC1. The minimum Gasteiger partial charge on any atom is -0.493 e. The highest BCUT2D eigenvalue weighted by Crippen LogP contribution is 2.37. The highest BCUT2D eigenvalue weighted by Gasteiger charge is 2.31. The molecule has 0 radical (unpaired) electrons. The number of anilines is 1. The molecule has 0 N–H and O–H groups in total. The fraction of sp³-hybridized carbons (Fsp3) is 0.458. The molecule has 8 nitrogen and oxygen atoms in total. The average molecular weight is 470 g/mol. The molecule has 1 aromatic carbocycles. The van der Waals surface area contributed by atoms with Gasteiger partial charge in [-0.2, -0.15) is 9.97 Å². The molecule has 1 saturated heterocycles. The van der Waals surface area contributed by atoms with Gasteiger partial charge in [-0.3, -0.25) is 9.69 Å². The number of hydrogen-bond acceptors (Lipinski definition) is 7. The highest BCUT2D eigenvalue weighted by molar-refractivity contribution is 6.31. The van der Waals surface area contributed by atoms with Gasteiger partial charge in [0.1, 0.15) is 11.6 Å². The fourth-order valence-electron chi connectivity index (χ4n) is 4.89. The second kappa shape index (κ2) is 9.19. The molecule has 1 fully saturated rings. The van der Waals surface area contributed by atoms with E-state index in [-0.39, 0.29) is 5.91 Å². The van der Waals surface area contributed by atoms with Crippen LogP contribution >= 0.6 is 11.6 Å². The number of aromatic nitrogens is 2. The van der Waals surface area contributed by atoms with Crippen molar-refractivity contribution in [1.82, 2.24) is 19.8 Å². The monoisotopic (exact) mass is 469 g/mol. The van der Waals surface area contributed by atoms with Crippen LogP contribution in [-0.2, 0) is 30.8 Å². The molecule has 0 spiro atoms. The van der Waals surface area contributed by atoms with Crippen molar-refractivity contribution in [1.29, 1.82) is 0 Å². The highest BCUT2D eigenvalue weighted by atomic mass is 35.5. The average Bonchev–Trinajstić information content (AvgIpc) is 3.27. The number of carbonyl (C=O) groups is 1. The number of fused-ring (bicyclic) bond motifs is 2. The van der Waals surface area contributed by atoms with E-state index in [9.17, 15) is 4.79 Å². The van der Waals surface area contributed by atoms with Gasteiger partial charge in [0, 0.05) is 62.0 Å². The van der Waals surface area contributed by atoms with Crippen molar-refractivity contribution >= 4 is 23.3 Å². The van der Waals surface area contributed by atoms with E-state index in [0.717, 1.165) is 65.9 Å². The summed E-state index contributed by atoms with van der Waals surface area (Å²) < 4.78 is 11.3. The molecule has 1 aromatic heterocycles. The van der Waals surface area contributed by atoms with E-state index in [0.29, 0.717) is 38.7 Å². The van der Waals surface area contributed by atoms with Gasteiger partial charge in [0.15, 0.2) is 0 Å². The lowest BCUT2D eigenvalue weighted by Gasteiger charge is -2.35. The van der Waals surface area contributed by atoms with E-state index in [1.807, 2.05) is 17.0 Å². The molecule has 0 atom stereocenters. The number of ether oxygens (including phenoxy) is 2. The van der Waals surface area contributed by atoms with Crippen LogP contribution < -0.4 is 14.4 Å². The predicted octanol–water partition coefficient (Wildman–Crippen LogP) is 2.81. The van der Waals surface area contributed by atoms with Crippen molar-refractivity contribution in [2.24, 2.45) is 0 Å². The maximum absolute atomic E-state index is 12.0. The molecule has 9 heteroatoms. The van der Waals surface area contributed by atoms with Crippen molar-refractivity contribution in [3.63, 3.8) is 0 Å². The molecule has 0 saturated carbocycles. The van der Waals surface area contributed by atoms with Crippen molar-refractivity contribution in [3.8, 4) is 11.8 Å². The molecule has 3 aliphatic rings. The van der Waals surface area contributed by atoms with Gasteiger partial charge in [-0.05, 0) is 36.6 Å². The molecule has 4 heterocycles. The zero-order chi connectivity index (χ0) is 22.9. The molecule has 0 aliphatic carbocycles. The smallest absolute Gasteiger partial charge is 0.318 e. The summed E-state index contributed by atoms with van der Waals surface area (Å²) in [6.45, 7) is 9.22. The lowest BCUT2D eigenvalue weighted by molar-refractivity contribution is -0.126. The first kappa shape index (κ1) is 22.0. The number of hydrogen-bond donors (Lipinski definition) is 0. The van der Waals surface area contributed by atoms with Crippen molar-refractivity contribution < 1.29 is 14.3 Å². The maximum atomic E-state index is 12.0. The Labute approximate surface area is 198 Å². The number of halogens is 1. The van der Waals surface area contributed by atoms with Gasteiger partial charge in [-0.15, -0.1) is 0 Å². The Morgan fingerprint density at radius 1 is 1.21 bits per heavy atom. The Bertz CT molecular complexity index is 1080. The first-order valence-corrected chi connectivity index (χ1v) is 11.7. The van der Waals surface area contributed by atoms with Crippen LogP contribution in [-0.4, -0.2) is 65.6 Å². The summed E-state index contributed by atoms with van der Waals surface area (Å²) in [5.74, 6) is 1.82. The van der Waals surface area contributed by atoms with E-state index in [1.54, 1.807) is 7.11 Å². The predicted molar refractivity (Wildman–Crippen MR) is 126 cm³/mol. The molecule has 0 bridgehead atoms. The van der Waals surface area contributed by atoms with Crippen LogP contribution in [0.1, 0.15) is 28.8 Å². The number of nitrogens with zero attached hydrogens (tertiary/aromatic N) is 5. The van der Waals surface area contributed by atoms with Gasteiger partial charge in [-0.25, -0.2) is 0 Å². The first-order valence-electron chi connectivity index (χ1n) is 11.3. The molecule has 3 aliphatic heterocycles. The Morgan fingerprint density at radius 2 is 2.03 bits per heavy atom. The van der Waals surface area contributed by atoms with E-state index >= 15 is 0 Å². The zero-order valence-electron chi connectivity index (χ0n) is 18.8. The van der Waals surface area contributed by atoms with Gasteiger partial charge in [-0.1, -0.05) is 18.2 Å². The molecule has 0 unspecified atom stereocenters. The quantitative estimate of drug-likeness (QED) is 0.623. The third-order valence-corrected chi connectivity index (χ3v) is 6.95. The minimum atomic E-state index is -0.0293. The van der Waals surface area contributed by atoms with E-state index in [2.05, 4.69) is 21.4 Å². The standard InChI is InChI=1S/C24H28ClN5O3/c1-3-22(31)29-8-10-30(11-9-29)23-18-14-28(15-20(18)26-24(27-23)32-2)13-17-16-5-4-12-33-21(16)7-6-19(17)25/h3,6-7H,1,4-5,8-15H2,2H3. The van der Waals surface area contributed by atoms with Crippen LogP contribution in [0, 0.1) is 0 Å². The molecule has 1 amide bonds. The number of benzene rings is 1. The van der Waals surface area contributed by atoms with E-state index < -0.39 is 0 Å². The van der Waals surface area contributed by atoms with Gasteiger partial charge < -0.3 is 19.3 Å². The minimum absolute atomic E-state index is 0.0293. The van der Waals surface area contributed by atoms with Crippen LogP contribution in [0.5, 0.6) is 11.8 Å². The lowest BCUT2D eigenvalue weighted by Crippen LogP contribution is -2.48. The second-order valence-corrected chi connectivity index (χ2v) is 8.98. The summed E-state index contributed by atoms with van der Waals surface area (Å²) in [6.07, 6.45) is 3.36. The number of piperazine rings is 1. The third kappa shape index (κ3) is 4.25. The number of rotatable bonds is 5. The van der Waals surface area contributed by atoms with Crippen LogP contribution in [0.4, 0.5) is 5.82 Å². The van der Waals surface area contributed by atoms with Crippen LogP contribution in [0.2, 0.25) is 5.02 Å². The topological polar surface area (TPSA) is 71.0 Å². The van der Waals surface area contributed by atoms with Crippen LogP contribution in [0.3, 0.4) is 0 Å². The van der Waals surface area contributed by atoms with Crippen LogP contribution in [0.15, 0.2) is 24.8 Å². The fourth-order valence-corrected chi connectivity index (χ4v) is 5.13.